The monoisotopic (exact) mass is 311 g/mol. The fourth-order valence-electron chi connectivity index (χ4n) is 2.31. The van der Waals surface area contributed by atoms with Gasteiger partial charge in [-0.15, -0.1) is 36.2 Å². The van der Waals surface area contributed by atoms with Crippen LogP contribution in [0.3, 0.4) is 0 Å². The van der Waals surface area contributed by atoms with Crippen LogP contribution in [0.15, 0.2) is 5.51 Å². The van der Waals surface area contributed by atoms with Gasteiger partial charge in [-0.3, -0.25) is 0 Å². The molecule has 3 nitrogen and oxygen atoms in total. The molecule has 2 heterocycles. The van der Waals surface area contributed by atoms with Crippen molar-refractivity contribution in [3.63, 3.8) is 0 Å². The van der Waals surface area contributed by atoms with E-state index in [1.807, 2.05) is 5.51 Å². The summed E-state index contributed by atoms with van der Waals surface area (Å²) in [5.41, 5.74) is 9.30. The van der Waals surface area contributed by atoms with Crippen LogP contribution in [0.5, 0.6) is 0 Å². The number of rotatable bonds is 4. The van der Waals surface area contributed by atoms with Crippen LogP contribution in [0.1, 0.15) is 23.9 Å². The predicted molar refractivity (Wildman–Crippen MR) is 83.3 cm³/mol. The van der Waals surface area contributed by atoms with Crippen LogP contribution in [0.25, 0.3) is 0 Å². The Morgan fingerprint density at radius 3 is 2.72 bits per heavy atom. The minimum Gasteiger partial charge on any atom is -0.330 e. The third-order valence-electron chi connectivity index (χ3n) is 3.63. The number of halogens is 2. The maximum Gasteiger partial charge on any atom is 0.0797 e. The average Bonchev–Trinajstić information content (AvgIpc) is 2.84. The molecule has 2 N–H and O–H groups in total. The van der Waals surface area contributed by atoms with E-state index in [0.717, 1.165) is 26.1 Å². The molecule has 1 aromatic rings. The van der Waals surface area contributed by atoms with Crippen molar-refractivity contribution in [3.8, 4) is 0 Å². The molecule has 1 saturated heterocycles. The molecule has 0 aliphatic carbocycles. The molecule has 1 aliphatic heterocycles. The lowest BCUT2D eigenvalue weighted by Gasteiger charge is -2.22. The van der Waals surface area contributed by atoms with Crippen LogP contribution in [-0.2, 0) is 6.42 Å². The third-order valence-corrected chi connectivity index (χ3v) is 4.62. The highest BCUT2D eigenvalue weighted by molar-refractivity contribution is 7.09. The molecular weight excluding hydrogens is 289 g/mol. The summed E-state index contributed by atoms with van der Waals surface area (Å²) < 4.78 is 0. The van der Waals surface area contributed by atoms with E-state index in [4.69, 9.17) is 5.73 Å². The first-order valence-corrected chi connectivity index (χ1v) is 6.82. The zero-order valence-electron chi connectivity index (χ0n) is 11.0. The van der Waals surface area contributed by atoms with Gasteiger partial charge in [-0.1, -0.05) is 6.92 Å². The van der Waals surface area contributed by atoms with Gasteiger partial charge in [-0.2, -0.15) is 0 Å². The van der Waals surface area contributed by atoms with Gasteiger partial charge >= 0.3 is 0 Å². The fraction of sp³-hybridized carbons (Fsp3) is 0.750. The number of aryl methyl sites for hydroxylation is 1. The molecule has 0 aromatic carbocycles. The van der Waals surface area contributed by atoms with Crippen molar-refractivity contribution < 1.29 is 0 Å². The zero-order valence-corrected chi connectivity index (χ0v) is 13.5. The van der Waals surface area contributed by atoms with E-state index >= 15 is 0 Å². The second-order valence-corrected chi connectivity index (χ2v) is 6.09. The van der Waals surface area contributed by atoms with E-state index in [1.54, 1.807) is 11.3 Å². The Hall–Kier alpha value is 0.130. The van der Waals surface area contributed by atoms with Gasteiger partial charge in [-0.25, -0.2) is 4.98 Å². The molecule has 1 aliphatic rings. The van der Waals surface area contributed by atoms with E-state index in [2.05, 4.69) is 23.7 Å². The van der Waals surface area contributed by atoms with Crippen LogP contribution in [0, 0.1) is 12.3 Å². The lowest BCUT2D eigenvalue weighted by Crippen LogP contribution is -2.32. The van der Waals surface area contributed by atoms with Crippen molar-refractivity contribution in [3.05, 3.63) is 16.1 Å². The SMILES string of the molecule is Cc1ncsc1CCN1CCC(C)(CN)C1.Cl.Cl. The van der Waals surface area contributed by atoms with Crippen molar-refractivity contribution in [1.82, 2.24) is 9.88 Å². The highest BCUT2D eigenvalue weighted by Gasteiger charge is 2.31. The summed E-state index contributed by atoms with van der Waals surface area (Å²) in [5, 5.41) is 0. The molecule has 0 bridgehead atoms. The summed E-state index contributed by atoms with van der Waals surface area (Å²) in [7, 11) is 0. The van der Waals surface area contributed by atoms with Gasteiger partial charge in [0.25, 0.3) is 0 Å². The van der Waals surface area contributed by atoms with Gasteiger partial charge in [0.1, 0.15) is 0 Å². The molecule has 0 saturated carbocycles. The molecule has 1 unspecified atom stereocenters. The van der Waals surface area contributed by atoms with Crippen molar-refractivity contribution in [2.45, 2.75) is 26.7 Å². The summed E-state index contributed by atoms with van der Waals surface area (Å²) in [6.07, 6.45) is 2.38. The van der Waals surface area contributed by atoms with Gasteiger partial charge in [0.2, 0.25) is 0 Å². The summed E-state index contributed by atoms with van der Waals surface area (Å²) in [6, 6.07) is 0. The Labute approximate surface area is 126 Å². The van der Waals surface area contributed by atoms with Crippen LogP contribution in [-0.4, -0.2) is 36.1 Å². The Bertz CT molecular complexity index is 359. The molecule has 0 spiro atoms. The van der Waals surface area contributed by atoms with Gasteiger partial charge < -0.3 is 10.6 Å². The third kappa shape index (κ3) is 4.35. The maximum absolute atomic E-state index is 5.81. The van der Waals surface area contributed by atoms with Crippen molar-refractivity contribution in [2.75, 3.05) is 26.2 Å². The number of aromatic nitrogens is 1. The molecular formula is C12H23Cl2N3S. The second-order valence-electron chi connectivity index (χ2n) is 5.15. The van der Waals surface area contributed by atoms with Gasteiger partial charge in [-0.05, 0) is 38.3 Å². The van der Waals surface area contributed by atoms with E-state index in [9.17, 15) is 0 Å². The molecule has 18 heavy (non-hydrogen) atoms. The summed E-state index contributed by atoms with van der Waals surface area (Å²) in [5.74, 6) is 0. The lowest BCUT2D eigenvalue weighted by molar-refractivity contribution is 0.283. The van der Waals surface area contributed by atoms with Crippen molar-refractivity contribution in [2.24, 2.45) is 11.1 Å². The van der Waals surface area contributed by atoms with Crippen molar-refractivity contribution in [1.29, 1.82) is 0 Å². The molecule has 106 valence electrons. The number of hydrogen-bond acceptors (Lipinski definition) is 4. The zero-order chi connectivity index (χ0) is 11.6. The Morgan fingerprint density at radius 1 is 1.50 bits per heavy atom. The summed E-state index contributed by atoms with van der Waals surface area (Å²) in [6.45, 7) is 8.71. The standard InChI is InChI=1S/C12H21N3S.2ClH/c1-10-11(16-9-14-10)3-5-15-6-4-12(2,7-13)8-15;;/h9H,3-8,13H2,1-2H3;2*1H. The van der Waals surface area contributed by atoms with Crippen LogP contribution in [0.2, 0.25) is 0 Å². The van der Waals surface area contributed by atoms with E-state index < -0.39 is 0 Å². The minimum atomic E-state index is 0. The second kappa shape index (κ2) is 7.65. The highest BCUT2D eigenvalue weighted by atomic mass is 35.5. The predicted octanol–water partition coefficient (Wildman–Crippen LogP) is 2.51. The maximum atomic E-state index is 5.81. The Balaban J connectivity index is 0.00000144. The largest absolute Gasteiger partial charge is 0.330 e. The number of likely N-dealkylation sites (tertiary alicyclic amines) is 1. The molecule has 6 heteroatoms. The van der Waals surface area contributed by atoms with Crippen LogP contribution in [0.4, 0.5) is 0 Å². The minimum absolute atomic E-state index is 0. The topological polar surface area (TPSA) is 42.2 Å². The molecule has 1 aromatic heterocycles. The molecule has 1 atom stereocenters. The quantitative estimate of drug-likeness (QED) is 0.929. The molecule has 2 rings (SSSR count). The van der Waals surface area contributed by atoms with Gasteiger partial charge in [0.05, 0.1) is 11.2 Å². The Morgan fingerprint density at radius 2 is 2.22 bits per heavy atom. The smallest absolute Gasteiger partial charge is 0.0797 e. The van der Waals surface area contributed by atoms with Crippen LogP contribution < -0.4 is 5.73 Å². The Kier molecular flexibility index (Phi) is 7.71. The average molecular weight is 312 g/mol. The lowest BCUT2D eigenvalue weighted by atomic mass is 9.90. The van der Waals surface area contributed by atoms with E-state index in [1.165, 1.54) is 23.5 Å². The number of hydrogen-bond donors (Lipinski definition) is 1. The van der Waals surface area contributed by atoms with Gasteiger partial charge in [0, 0.05) is 18.0 Å². The first kappa shape index (κ1) is 18.1. The van der Waals surface area contributed by atoms with Gasteiger partial charge in [0.15, 0.2) is 0 Å². The molecule has 0 radical (unpaired) electrons. The van der Waals surface area contributed by atoms with Crippen LogP contribution >= 0.6 is 36.2 Å². The molecule has 1 fully saturated rings. The fourth-order valence-corrected chi connectivity index (χ4v) is 3.08. The summed E-state index contributed by atoms with van der Waals surface area (Å²) in [4.78, 5) is 8.25. The van der Waals surface area contributed by atoms with Crippen molar-refractivity contribution >= 4 is 36.2 Å². The highest BCUT2D eigenvalue weighted by Crippen LogP contribution is 2.28. The number of nitrogens with two attached hydrogens (primary N) is 1. The summed E-state index contributed by atoms with van der Waals surface area (Å²) >= 11 is 1.78. The molecule has 0 amide bonds. The van der Waals surface area contributed by atoms with E-state index in [0.29, 0.717) is 5.41 Å². The first-order chi connectivity index (χ1) is 7.63. The normalized spacial score (nSPS) is 23.5. The first-order valence-electron chi connectivity index (χ1n) is 5.94. The number of thiazole rings is 1. The number of nitrogens with zero attached hydrogens (tertiary/aromatic N) is 2. The van der Waals surface area contributed by atoms with E-state index in [-0.39, 0.29) is 24.8 Å².